The van der Waals surface area contributed by atoms with Crippen molar-refractivity contribution in [1.29, 1.82) is 5.26 Å². The number of hydrogen-bond acceptors (Lipinski definition) is 8. The van der Waals surface area contributed by atoms with Gasteiger partial charge in [0.15, 0.2) is 0 Å². The molecule has 9 nitrogen and oxygen atoms in total. The van der Waals surface area contributed by atoms with Gasteiger partial charge in [-0.05, 0) is 24.1 Å². The molecule has 0 aliphatic carbocycles. The molecule has 0 radical (unpaired) electrons. The van der Waals surface area contributed by atoms with E-state index in [4.69, 9.17) is 15.0 Å². The largest absolute Gasteiger partial charge is 0.481 e. The summed E-state index contributed by atoms with van der Waals surface area (Å²) < 4.78 is 5.15. The first-order valence-corrected chi connectivity index (χ1v) is 10.4. The molecule has 6 rings (SSSR count). The van der Waals surface area contributed by atoms with Gasteiger partial charge in [-0.2, -0.15) is 10.4 Å². The standard InChI is InChI=1S/C22H24N8O/c1-31-21-5-2-15(9-26-21)12-30-17-8-18(30)14-29(13-17)20-4-3-16(10-25-20)19-11-27-28-22(19)24-7-6-23/h2-5,9-11,17-18H,7-8,12-14H2,1H3,(H2,24,27,28). The highest BCUT2D eigenvalue weighted by atomic mass is 16.5. The van der Waals surface area contributed by atoms with E-state index in [-0.39, 0.29) is 6.54 Å². The predicted octanol–water partition coefficient (Wildman–Crippen LogP) is 2.27. The summed E-state index contributed by atoms with van der Waals surface area (Å²) in [5.74, 6) is 2.38. The molecule has 2 bridgehead atoms. The lowest BCUT2D eigenvalue weighted by Gasteiger charge is -2.56. The van der Waals surface area contributed by atoms with Crippen LogP contribution < -0.4 is 15.0 Å². The van der Waals surface area contributed by atoms with Crippen molar-refractivity contribution in [3.05, 3.63) is 48.4 Å². The number of piperazine rings is 1. The van der Waals surface area contributed by atoms with E-state index >= 15 is 0 Å². The van der Waals surface area contributed by atoms with Crippen LogP contribution in [0.5, 0.6) is 5.88 Å². The maximum Gasteiger partial charge on any atom is 0.212 e. The van der Waals surface area contributed by atoms with Gasteiger partial charge in [0, 0.05) is 61.3 Å². The van der Waals surface area contributed by atoms with Crippen LogP contribution in [0.1, 0.15) is 12.0 Å². The number of nitrogens with zero attached hydrogens (tertiary/aromatic N) is 6. The molecule has 158 valence electrons. The molecule has 9 heteroatoms. The zero-order valence-electron chi connectivity index (χ0n) is 17.3. The molecule has 3 aliphatic rings. The summed E-state index contributed by atoms with van der Waals surface area (Å²) in [4.78, 5) is 14.0. The molecule has 6 heterocycles. The maximum absolute atomic E-state index is 8.78. The first kappa shape index (κ1) is 19.3. The summed E-state index contributed by atoms with van der Waals surface area (Å²) in [6.07, 6.45) is 6.76. The molecule has 3 aromatic rings. The third kappa shape index (κ3) is 3.78. The third-order valence-electron chi connectivity index (χ3n) is 6.08. The lowest BCUT2D eigenvalue weighted by Crippen LogP contribution is -2.68. The normalized spacial score (nSPS) is 20.1. The number of fused-ring (bicyclic) bond motifs is 2. The minimum Gasteiger partial charge on any atom is -0.481 e. The number of aromatic amines is 1. The van der Waals surface area contributed by atoms with E-state index < -0.39 is 0 Å². The number of ether oxygens (including phenoxy) is 1. The minimum absolute atomic E-state index is 0.223. The SMILES string of the molecule is COc1ccc(CN2C3CC2CN(c2ccc(-c4cn[nH]c4NCC#N)cn2)C3)cn1. The lowest BCUT2D eigenvalue weighted by molar-refractivity contribution is -0.00876. The number of hydrogen-bond donors (Lipinski definition) is 2. The smallest absolute Gasteiger partial charge is 0.212 e. The highest BCUT2D eigenvalue weighted by Gasteiger charge is 2.44. The van der Waals surface area contributed by atoms with Gasteiger partial charge in [-0.1, -0.05) is 6.07 Å². The Morgan fingerprint density at radius 2 is 2.03 bits per heavy atom. The summed E-state index contributed by atoms with van der Waals surface area (Å²) in [5.41, 5.74) is 3.09. The molecule has 0 saturated carbocycles. The highest BCUT2D eigenvalue weighted by Crippen LogP contribution is 2.36. The van der Waals surface area contributed by atoms with Gasteiger partial charge in [0.25, 0.3) is 0 Å². The van der Waals surface area contributed by atoms with Gasteiger partial charge in [0.2, 0.25) is 5.88 Å². The number of pyridine rings is 2. The number of nitrogens with one attached hydrogen (secondary N) is 2. The van der Waals surface area contributed by atoms with Crippen LogP contribution in [0, 0.1) is 11.3 Å². The number of aromatic nitrogens is 4. The van der Waals surface area contributed by atoms with Gasteiger partial charge in [-0.3, -0.25) is 10.00 Å². The number of nitriles is 1. The van der Waals surface area contributed by atoms with Gasteiger partial charge < -0.3 is 15.0 Å². The van der Waals surface area contributed by atoms with E-state index in [2.05, 4.69) is 54.6 Å². The van der Waals surface area contributed by atoms with Crippen LogP contribution in [0.4, 0.5) is 11.6 Å². The van der Waals surface area contributed by atoms with Crippen molar-refractivity contribution in [2.75, 3.05) is 37.0 Å². The minimum atomic E-state index is 0.223. The lowest BCUT2D eigenvalue weighted by atomic mass is 9.87. The van der Waals surface area contributed by atoms with Crippen molar-refractivity contribution < 1.29 is 4.74 Å². The zero-order valence-corrected chi connectivity index (χ0v) is 17.3. The van der Waals surface area contributed by atoms with Crippen LogP contribution in [0.3, 0.4) is 0 Å². The van der Waals surface area contributed by atoms with Gasteiger partial charge in [-0.25, -0.2) is 9.97 Å². The van der Waals surface area contributed by atoms with Gasteiger partial charge >= 0.3 is 0 Å². The topological polar surface area (TPSA) is 106 Å². The first-order chi connectivity index (χ1) is 15.2. The number of methoxy groups -OCH3 is 1. The van der Waals surface area contributed by atoms with Crippen molar-refractivity contribution in [1.82, 2.24) is 25.1 Å². The number of piperidine rings is 1. The van der Waals surface area contributed by atoms with E-state index in [1.807, 2.05) is 18.5 Å². The molecule has 2 N–H and O–H groups in total. The monoisotopic (exact) mass is 416 g/mol. The van der Waals surface area contributed by atoms with Crippen LogP contribution >= 0.6 is 0 Å². The molecule has 3 fully saturated rings. The van der Waals surface area contributed by atoms with Gasteiger partial charge in [-0.15, -0.1) is 0 Å². The van der Waals surface area contributed by atoms with E-state index in [9.17, 15) is 0 Å². The molecule has 0 spiro atoms. The van der Waals surface area contributed by atoms with E-state index in [1.165, 1.54) is 12.0 Å². The molecule has 3 saturated heterocycles. The first-order valence-electron chi connectivity index (χ1n) is 10.4. The Morgan fingerprint density at radius 3 is 2.71 bits per heavy atom. The fourth-order valence-electron chi connectivity index (χ4n) is 4.47. The maximum atomic E-state index is 8.78. The quantitative estimate of drug-likeness (QED) is 0.565. The molecule has 3 aliphatic heterocycles. The summed E-state index contributed by atoms with van der Waals surface area (Å²) in [5, 5.41) is 18.8. The molecule has 0 amide bonds. The van der Waals surface area contributed by atoms with Crippen molar-refractivity contribution >= 4 is 11.6 Å². The Labute approximate surface area is 180 Å². The second kappa shape index (κ2) is 8.24. The molecular formula is C22H24N8O. The average Bonchev–Trinajstić information content (AvgIpc) is 3.30. The second-order valence-corrected chi connectivity index (χ2v) is 7.90. The molecule has 3 aromatic heterocycles. The summed E-state index contributed by atoms with van der Waals surface area (Å²) in [7, 11) is 1.64. The fraction of sp³-hybridized carbons (Fsp3) is 0.364. The summed E-state index contributed by atoms with van der Waals surface area (Å²) >= 11 is 0. The predicted molar refractivity (Wildman–Crippen MR) is 117 cm³/mol. The van der Waals surface area contributed by atoms with E-state index in [0.717, 1.165) is 42.4 Å². The van der Waals surface area contributed by atoms with E-state index in [1.54, 1.807) is 13.3 Å². The van der Waals surface area contributed by atoms with Gasteiger partial charge in [0.1, 0.15) is 18.2 Å². The van der Waals surface area contributed by atoms with E-state index in [0.29, 0.717) is 18.0 Å². The molecular weight excluding hydrogens is 392 g/mol. The number of anilines is 2. The summed E-state index contributed by atoms with van der Waals surface area (Å²) in [6, 6.07) is 11.3. The Balaban J connectivity index is 1.22. The average molecular weight is 416 g/mol. The number of H-pyrrole nitrogens is 1. The number of rotatable bonds is 7. The zero-order chi connectivity index (χ0) is 21.2. The van der Waals surface area contributed by atoms with Crippen molar-refractivity contribution in [3.63, 3.8) is 0 Å². The molecule has 0 aromatic carbocycles. The Kier molecular flexibility index (Phi) is 5.14. The van der Waals surface area contributed by atoms with Crippen LogP contribution in [0.2, 0.25) is 0 Å². The second-order valence-electron chi connectivity index (χ2n) is 7.90. The highest BCUT2D eigenvalue weighted by molar-refractivity contribution is 5.74. The van der Waals surface area contributed by atoms with Gasteiger partial charge in [0.05, 0.1) is 19.4 Å². The van der Waals surface area contributed by atoms with Crippen molar-refractivity contribution in [3.8, 4) is 23.1 Å². The molecule has 2 atom stereocenters. The Bertz CT molecular complexity index is 1060. The van der Waals surface area contributed by atoms with Crippen LogP contribution in [-0.2, 0) is 6.54 Å². The Hall–Kier alpha value is -3.64. The fourth-order valence-corrected chi connectivity index (χ4v) is 4.47. The molecule has 31 heavy (non-hydrogen) atoms. The summed E-state index contributed by atoms with van der Waals surface area (Å²) in [6.45, 7) is 3.10. The van der Waals surface area contributed by atoms with Crippen LogP contribution in [-0.4, -0.2) is 63.9 Å². The van der Waals surface area contributed by atoms with Crippen molar-refractivity contribution in [2.45, 2.75) is 25.0 Å². The Morgan fingerprint density at radius 1 is 1.16 bits per heavy atom. The molecule has 2 unspecified atom stereocenters. The third-order valence-corrected chi connectivity index (χ3v) is 6.08. The van der Waals surface area contributed by atoms with Crippen LogP contribution in [0.25, 0.3) is 11.1 Å². The van der Waals surface area contributed by atoms with Crippen molar-refractivity contribution in [2.24, 2.45) is 0 Å². The van der Waals surface area contributed by atoms with Crippen LogP contribution in [0.15, 0.2) is 42.9 Å².